The summed E-state index contributed by atoms with van der Waals surface area (Å²) in [6.07, 6.45) is -4.08. The fraction of sp³-hybridized carbons (Fsp3) is 0.909. The van der Waals surface area contributed by atoms with Crippen LogP contribution < -0.4 is 0 Å². The number of carbonyl (C=O) groups excluding carboxylic acids is 1. The van der Waals surface area contributed by atoms with Crippen LogP contribution in [-0.4, -0.2) is 56.4 Å². The molecule has 1 saturated heterocycles. The number of rotatable bonds is 3. The minimum Gasteiger partial charge on any atom is -0.444 e. The van der Waals surface area contributed by atoms with Crippen molar-refractivity contribution in [3.05, 3.63) is 0 Å². The Labute approximate surface area is 117 Å². The quantitative estimate of drug-likeness (QED) is 0.740. The van der Waals surface area contributed by atoms with Crippen LogP contribution in [0.1, 0.15) is 27.2 Å². The average molecular weight is 315 g/mol. The Morgan fingerprint density at radius 1 is 1.35 bits per heavy atom. The van der Waals surface area contributed by atoms with E-state index in [9.17, 15) is 22.0 Å². The van der Waals surface area contributed by atoms with E-state index in [1.165, 1.54) is 0 Å². The van der Waals surface area contributed by atoms with E-state index in [4.69, 9.17) is 4.74 Å². The first kappa shape index (κ1) is 17.1. The van der Waals surface area contributed by atoms with Gasteiger partial charge in [0.15, 0.2) is 0 Å². The standard InChI is InChI=1S/C11H19F2NO5S/c1-11(2,3)18-10(15)14-6-7(19-20(4,16)17)5-8(14)9(12)13/h7-9H,5-6H2,1-4H3/t7-,8-/m1/s1. The van der Waals surface area contributed by atoms with Crippen molar-refractivity contribution in [1.29, 1.82) is 0 Å². The van der Waals surface area contributed by atoms with Gasteiger partial charge >= 0.3 is 6.09 Å². The summed E-state index contributed by atoms with van der Waals surface area (Å²) < 4.78 is 57.6. The maximum atomic E-state index is 12.9. The molecule has 20 heavy (non-hydrogen) atoms. The molecule has 0 aliphatic carbocycles. The minimum atomic E-state index is -3.76. The van der Waals surface area contributed by atoms with Gasteiger partial charge in [-0.1, -0.05) is 0 Å². The first-order valence-corrected chi connectivity index (χ1v) is 7.87. The van der Waals surface area contributed by atoms with E-state index >= 15 is 0 Å². The second kappa shape index (κ2) is 5.80. The lowest BCUT2D eigenvalue weighted by molar-refractivity contribution is -0.00244. The van der Waals surface area contributed by atoms with Gasteiger partial charge in [0, 0.05) is 6.42 Å². The van der Waals surface area contributed by atoms with Crippen molar-refractivity contribution >= 4 is 16.2 Å². The highest BCUT2D eigenvalue weighted by Crippen LogP contribution is 2.27. The monoisotopic (exact) mass is 315 g/mol. The molecule has 1 aliphatic heterocycles. The van der Waals surface area contributed by atoms with Gasteiger partial charge in [-0.15, -0.1) is 0 Å². The van der Waals surface area contributed by atoms with Crippen molar-refractivity contribution < 1.29 is 30.9 Å². The van der Waals surface area contributed by atoms with Crippen LogP contribution in [0.25, 0.3) is 0 Å². The lowest BCUT2D eigenvalue weighted by atomic mass is 10.2. The van der Waals surface area contributed by atoms with E-state index in [0.717, 1.165) is 11.2 Å². The van der Waals surface area contributed by atoms with Gasteiger partial charge in [0.05, 0.1) is 24.9 Å². The Kier molecular flexibility index (Phi) is 4.96. The van der Waals surface area contributed by atoms with Crippen molar-refractivity contribution in [2.75, 3.05) is 12.8 Å². The number of amides is 1. The van der Waals surface area contributed by atoms with Crippen LogP contribution in [0, 0.1) is 0 Å². The fourth-order valence-corrected chi connectivity index (χ4v) is 2.55. The number of nitrogens with zero attached hydrogens (tertiary/aromatic N) is 1. The summed E-state index contributed by atoms with van der Waals surface area (Å²) in [4.78, 5) is 12.7. The van der Waals surface area contributed by atoms with E-state index < -0.39 is 40.4 Å². The van der Waals surface area contributed by atoms with Crippen molar-refractivity contribution in [1.82, 2.24) is 4.90 Å². The zero-order chi connectivity index (χ0) is 15.7. The number of carbonyl (C=O) groups is 1. The van der Waals surface area contributed by atoms with E-state index in [-0.39, 0.29) is 13.0 Å². The SMILES string of the molecule is CC(C)(C)OC(=O)N1C[C@H](OS(C)(=O)=O)C[C@@H]1C(F)F. The molecular weight excluding hydrogens is 296 g/mol. The van der Waals surface area contributed by atoms with Crippen LogP contribution in [0.15, 0.2) is 0 Å². The molecule has 1 heterocycles. The van der Waals surface area contributed by atoms with Crippen molar-refractivity contribution in [3.8, 4) is 0 Å². The molecule has 0 N–H and O–H groups in total. The lowest BCUT2D eigenvalue weighted by Gasteiger charge is -2.27. The summed E-state index contributed by atoms with van der Waals surface area (Å²) in [6.45, 7) is 4.60. The maximum Gasteiger partial charge on any atom is 0.410 e. The molecule has 6 nitrogen and oxygen atoms in total. The Morgan fingerprint density at radius 2 is 1.90 bits per heavy atom. The third-order valence-electron chi connectivity index (χ3n) is 2.53. The summed E-state index contributed by atoms with van der Waals surface area (Å²) in [5.74, 6) is 0. The van der Waals surface area contributed by atoms with E-state index in [0.29, 0.717) is 0 Å². The average Bonchev–Trinajstić information content (AvgIpc) is 2.56. The second-order valence-electron chi connectivity index (χ2n) is 5.69. The zero-order valence-corrected chi connectivity index (χ0v) is 12.6. The molecule has 0 bridgehead atoms. The van der Waals surface area contributed by atoms with Gasteiger partial charge in [-0.3, -0.25) is 9.08 Å². The molecule has 0 radical (unpaired) electrons. The number of hydrogen-bond acceptors (Lipinski definition) is 5. The molecule has 0 spiro atoms. The van der Waals surface area contributed by atoms with Crippen LogP contribution in [0.2, 0.25) is 0 Å². The highest BCUT2D eigenvalue weighted by Gasteiger charge is 2.43. The third-order valence-corrected chi connectivity index (χ3v) is 3.16. The Bertz CT molecular complexity index is 460. The van der Waals surface area contributed by atoms with Gasteiger partial charge in [-0.05, 0) is 20.8 Å². The zero-order valence-electron chi connectivity index (χ0n) is 11.8. The molecule has 1 fully saturated rings. The van der Waals surface area contributed by atoms with Crippen molar-refractivity contribution in [2.45, 2.75) is 51.4 Å². The van der Waals surface area contributed by atoms with E-state index in [2.05, 4.69) is 4.18 Å². The highest BCUT2D eigenvalue weighted by molar-refractivity contribution is 7.86. The van der Waals surface area contributed by atoms with E-state index in [1.54, 1.807) is 20.8 Å². The number of likely N-dealkylation sites (tertiary alicyclic amines) is 1. The molecule has 0 saturated carbocycles. The van der Waals surface area contributed by atoms with Gasteiger partial charge in [0.1, 0.15) is 5.60 Å². The normalized spacial score (nSPS) is 24.2. The van der Waals surface area contributed by atoms with Gasteiger partial charge in [0.25, 0.3) is 16.5 Å². The van der Waals surface area contributed by atoms with Crippen molar-refractivity contribution in [2.24, 2.45) is 0 Å². The molecule has 1 rings (SSSR count). The molecule has 1 aliphatic rings. The summed E-state index contributed by atoms with van der Waals surface area (Å²) in [5.41, 5.74) is -0.820. The molecule has 1 amide bonds. The lowest BCUT2D eigenvalue weighted by Crippen LogP contribution is -2.43. The predicted octanol–water partition coefficient (Wildman–Crippen LogP) is 1.61. The first-order chi connectivity index (χ1) is 8.89. The van der Waals surface area contributed by atoms with Gasteiger partial charge in [-0.2, -0.15) is 8.42 Å². The molecule has 2 atom stereocenters. The van der Waals surface area contributed by atoms with Crippen LogP contribution in [0.5, 0.6) is 0 Å². The topological polar surface area (TPSA) is 72.9 Å². The predicted molar refractivity (Wildman–Crippen MR) is 67.1 cm³/mol. The molecular formula is C11H19F2NO5S. The molecule has 0 aromatic rings. The summed E-state index contributed by atoms with van der Waals surface area (Å²) in [6, 6.07) is -1.41. The highest BCUT2D eigenvalue weighted by atomic mass is 32.2. The molecule has 9 heteroatoms. The minimum absolute atomic E-state index is 0.239. The van der Waals surface area contributed by atoms with Crippen LogP contribution >= 0.6 is 0 Å². The fourth-order valence-electron chi connectivity index (χ4n) is 1.91. The first-order valence-electron chi connectivity index (χ1n) is 6.05. The number of alkyl halides is 2. The molecule has 0 aromatic carbocycles. The number of hydrogen-bond donors (Lipinski definition) is 0. The van der Waals surface area contributed by atoms with Gasteiger partial charge < -0.3 is 4.74 Å². The number of halogens is 2. The largest absolute Gasteiger partial charge is 0.444 e. The summed E-state index contributed by atoms with van der Waals surface area (Å²) in [5, 5.41) is 0. The Balaban J connectivity index is 2.80. The van der Waals surface area contributed by atoms with Gasteiger partial charge in [0.2, 0.25) is 0 Å². The Morgan fingerprint density at radius 3 is 2.30 bits per heavy atom. The van der Waals surface area contributed by atoms with Crippen LogP contribution in [-0.2, 0) is 19.0 Å². The van der Waals surface area contributed by atoms with Gasteiger partial charge in [-0.25, -0.2) is 13.6 Å². The Hall–Kier alpha value is -0.960. The molecule has 0 unspecified atom stereocenters. The smallest absolute Gasteiger partial charge is 0.410 e. The van der Waals surface area contributed by atoms with E-state index in [1.807, 2.05) is 0 Å². The summed E-state index contributed by atoms with van der Waals surface area (Å²) >= 11 is 0. The maximum absolute atomic E-state index is 12.9. The third kappa shape index (κ3) is 5.20. The van der Waals surface area contributed by atoms with Crippen LogP contribution in [0.3, 0.4) is 0 Å². The molecule has 0 aromatic heterocycles. The number of ether oxygens (including phenoxy) is 1. The van der Waals surface area contributed by atoms with Crippen molar-refractivity contribution in [3.63, 3.8) is 0 Å². The second-order valence-corrected chi connectivity index (χ2v) is 7.29. The summed E-state index contributed by atoms with van der Waals surface area (Å²) in [7, 11) is -3.76. The molecule has 118 valence electrons. The van der Waals surface area contributed by atoms with Crippen LogP contribution in [0.4, 0.5) is 13.6 Å².